The molecule has 0 aliphatic heterocycles. The molecule has 0 aromatic heterocycles. The zero-order valence-electron chi connectivity index (χ0n) is 7.64. The van der Waals surface area contributed by atoms with E-state index in [9.17, 15) is 13.2 Å². The van der Waals surface area contributed by atoms with Gasteiger partial charge in [-0.15, -0.1) is 0 Å². The third-order valence-corrected chi connectivity index (χ3v) is 1.74. The number of rotatable bonds is 3. The van der Waals surface area contributed by atoms with Gasteiger partial charge in [0.15, 0.2) is 11.6 Å². The molecule has 1 rings (SSSR count). The normalized spacial score (nSPS) is 11.1. The molecule has 0 heterocycles. The highest BCUT2D eigenvalue weighted by molar-refractivity contribution is 5.33. The molecule has 0 N–H and O–H groups in total. The van der Waals surface area contributed by atoms with Crippen molar-refractivity contribution in [3.8, 4) is 5.75 Å². The quantitative estimate of drug-likeness (QED) is 0.731. The molecule has 1 unspecified atom stereocenters. The van der Waals surface area contributed by atoms with E-state index in [2.05, 4.69) is 11.7 Å². The molecule has 0 saturated carbocycles. The fraction of sp³-hybridized carbons (Fsp3) is 0.300. The van der Waals surface area contributed by atoms with E-state index in [1.807, 2.05) is 0 Å². The first-order chi connectivity index (χ1) is 6.52. The molecule has 0 spiro atoms. The minimum atomic E-state index is -3.01. The molecule has 1 nitrogen and oxygen atoms in total. The Morgan fingerprint density at radius 1 is 1.36 bits per heavy atom. The first kappa shape index (κ1) is 10.9. The Morgan fingerprint density at radius 3 is 2.50 bits per heavy atom. The van der Waals surface area contributed by atoms with Crippen LogP contribution in [0, 0.1) is 12.7 Å². The van der Waals surface area contributed by atoms with Crippen LogP contribution >= 0.6 is 0 Å². The zero-order chi connectivity index (χ0) is 10.7. The third-order valence-electron chi connectivity index (χ3n) is 1.74. The largest absolute Gasteiger partial charge is 0.432 e. The Morgan fingerprint density at radius 2 is 2.00 bits per heavy atom. The van der Waals surface area contributed by atoms with Crippen LogP contribution in [0.25, 0.3) is 0 Å². The van der Waals surface area contributed by atoms with E-state index in [0.717, 1.165) is 6.07 Å². The first-order valence-electron chi connectivity index (χ1n) is 4.08. The molecule has 1 atom stereocenters. The minimum Gasteiger partial charge on any atom is -0.432 e. The summed E-state index contributed by atoms with van der Waals surface area (Å²) in [5.74, 6) is -1.51. The summed E-state index contributed by atoms with van der Waals surface area (Å²) in [6.45, 7) is 2.26. The van der Waals surface area contributed by atoms with Crippen LogP contribution in [0.3, 0.4) is 0 Å². The van der Waals surface area contributed by atoms with Gasteiger partial charge in [-0.1, -0.05) is 19.1 Å². The van der Waals surface area contributed by atoms with E-state index in [0.29, 0.717) is 0 Å². The van der Waals surface area contributed by atoms with E-state index in [-0.39, 0.29) is 11.5 Å². The number of ether oxygens (including phenoxy) is 1. The fourth-order valence-corrected chi connectivity index (χ4v) is 1.10. The van der Waals surface area contributed by atoms with Crippen LogP contribution in [-0.2, 0) is 0 Å². The molecule has 1 aromatic rings. The topological polar surface area (TPSA) is 9.23 Å². The molecular weight excluding hydrogens is 193 g/mol. The maximum Gasteiger partial charge on any atom is 0.387 e. The molecule has 0 amide bonds. The zero-order valence-corrected chi connectivity index (χ0v) is 7.64. The van der Waals surface area contributed by atoms with Crippen molar-refractivity contribution in [1.82, 2.24) is 0 Å². The number of benzene rings is 1. The maximum absolute atomic E-state index is 13.4. The SMILES string of the molecule is [CH2]C(C)c1cccc(OC(F)F)c1F. The van der Waals surface area contributed by atoms with Gasteiger partial charge in [0.25, 0.3) is 0 Å². The number of hydrogen-bond acceptors (Lipinski definition) is 1. The predicted octanol–water partition coefficient (Wildman–Crippen LogP) is 3.36. The summed E-state index contributed by atoms with van der Waals surface area (Å²) < 4.78 is 41.0. The van der Waals surface area contributed by atoms with Crippen LogP contribution in [0.5, 0.6) is 5.75 Å². The van der Waals surface area contributed by atoms with Crippen molar-refractivity contribution >= 4 is 0 Å². The second kappa shape index (κ2) is 4.35. The summed E-state index contributed by atoms with van der Waals surface area (Å²) in [5.41, 5.74) is 0.267. The highest BCUT2D eigenvalue weighted by atomic mass is 19.3. The highest BCUT2D eigenvalue weighted by Crippen LogP contribution is 2.26. The van der Waals surface area contributed by atoms with Crippen molar-refractivity contribution in [2.24, 2.45) is 0 Å². The van der Waals surface area contributed by atoms with Crippen molar-refractivity contribution in [3.05, 3.63) is 36.5 Å². The smallest absolute Gasteiger partial charge is 0.387 e. The molecule has 0 fully saturated rings. The Labute approximate surface area is 80.5 Å². The lowest BCUT2D eigenvalue weighted by Gasteiger charge is -2.11. The molecule has 0 aliphatic rings. The van der Waals surface area contributed by atoms with Crippen molar-refractivity contribution in [1.29, 1.82) is 0 Å². The molecule has 77 valence electrons. The molecular formula is C10H10F3O. The second-order valence-electron chi connectivity index (χ2n) is 2.94. The average molecular weight is 203 g/mol. The van der Waals surface area contributed by atoms with Gasteiger partial charge in [0.1, 0.15) is 0 Å². The Bertz CT molecular complexity index is 310. The summed E-state index contributed by atoms with van der Waals surface area (Å²) in [6.07, 6.45) is 0. The summed E-state index contributed by atoms with van der Waals surface area (Å²) in [7, 11) is 0. The Hall–Kier alpha value is -1.19. The highest BCUT2D eigenvalue weighted by Gasteiger charge is 2.14. The summed E-state index contributed by atoms with van der Waals surface area (Å²) in [4.78, 5) is 0. The predicted molar refractivity (Wildman–Crippen MR) is 46.8 cm³/mol. The molecule has 4 heteroatoms. The van der Waals surface area contributed by atoms with Crippen molar-refractivity contribution in [3.63, 3.8) is 0 Å². The van der Waals surface area contributed by atoms with Crippen molar-refractivity contribution < 1.29 is 17.9 Å². The summed E-state index contributed by atoms with van der Waals surface area (Å²) in [6, 6.07) is 4.11. The van der Waals surface area contributed by atoms with Crippen LogP contribution in [0.4, 0.5) is 13.2 Å². The number of alkyl halides is 2. The van der Waals surface area contributed by atoms with Crippen molar-refractivity contribution in [2.75, 3.05) is 0 Å². The van der Waals surface area contributed by atoms with E-state index >= 15 is 0 Å². The van der Waals surface area contributed by atoms with Crippen LogP contribution in [0.2, 0.25) is 0 Å². The van der Waals surface area contributed by atoms with Gasteiger partial charge in [-0.3, -0.25) is 0 Å². The van der Waals surface area contributed by atoms with Gasteiger partial charge in [0.2, 0.25) is 0 Å². The standard InChI is InChI=1S/C10H10F3O/c1-6(2)7-4-3-5-8(9(7)11)14-10(12)13/h3-6,10H,1H2,2H3. The van der Waals surface area contributed by atoms with Gasteiger partial charge < -0.3 is 4.74 Å². The minimum absolute atomic E-state index is 0.267. The molecule has 0 aliphatic carbocycles. The second-order valence-corrected chi connectivity index (χ2v) is 2.94. The maximum atomic E-state index is 13.4. The summed E-state index contributed by atoms with van der Waals surface area (Å²) >= 11 is 0. The first-order valence-corrected chi connectivity index (χ1v) is 4.08. The van der Waals surface area contributed by atoms with Gasteiger partial charge in [-0.05, 0) is 24.5 Å². The molecule has 0 bridgehead atoms. The van der Waals surface area contributed by atoms with Gasteiger partial charge in [-0.25, -0.2) is 4.39 Å². The van der Waals surface area contributed by atoms with E-state index in [4.69, 9.17) is 0 Å². The Balaban J connectivity index is 3.01. The van der Waals surface area contributed by atoms with Crippen LogP contribution in [0.15, 0.2) is 18.2 Å². The van der Waals surface area contributed by atoms with Gasteiger partial charge in [0, 0.05) is 0 Å². The van der Waals surface area contributed by atoms with Crippen LogP contribution < -0.4 is 4.74 Å². The average Bonchev–Trinajstić information content (AvgIpc) is 2.07. The van der Waals surface area contributed by atoms with E-state index in [1.54, 1.807) is 6.92 Å². The van der Waals surface area contributed by atoms with Crippen LogP contribution in [-0.4, -0.2) is 6.61 Å². The lowest BCUT2D eigenvalue weighted by Crippen LogP contribution is -2.05. The van der Waals surface area contributed by atoms with E-state index < -0.39 is 18.2 Å². The summed E-state index contributed by atoms with van der Waals surface area (Å²) in [5, 5.41) is 0. The number of halogens is 3. The van der Waals surface area contributed by atoms with E-state index in [1.165, 1.54) is 12.1 Å². The van der Waals surface area contributed by atoms with Gasteiger partial charge in [0.05, 0.1) is 0 Å². The molecule has 0 saturated heterocycles. The lowest BCUT2D eigenvalue weighted by molar-refractivity contribution is -0.0522. The molecule has 14 heavy (non-hydrogen) atoms. The third kappa shape index (κ3) is 2.40. The number of hydrogen-bond donors (Lipinski definition) is 0. The fourth-order valence-electron chi connectivity index (χ4n) is 1.10. The van der Waals surface area contributed by atoms with Crippen LogP contribution in [0.1, 0.15) is 18.4 Å². The van der Waals surface area contributed by atoms with Crippen molar-refractivity contribution in [2.45, 2.75) is 19.5 Å². The lowest BCUT2D eigenvalue weighted by atomic mass is 10.0. The van der Waals surface area contributed by atoms with Gasteiger partial charge >= 0.3 is 6.61 Å². The van der Waals surface area contributed by atoms with Gasteiger partial charge in [-0.2, -0.15) is 8.78 Å². The monoisotopic (exact) mass is 203 g/mol. The molecule has 1 aromatic carbocycles. The molecule has 1 radical (unpaired) electrons. The Kier molecular flexibility index (Phi) is 3.38.